The molecule has 7 nitrogen and oxygen atoms in total. The topological polar surface area (TPSA) is 82.5 Å². The largest absolute Gasteiger partial charge is 0.431 e. The molecule has 8 heteroatoms. The Morgan fingerprint density at radius 2 is 1.53 bits per heavy atom. The standard InChI is InChI=1S/C24H16N6OS/c1-3-9-16(10-4-1)15-30-22-20(28-29-30)23(27-21(26-22)17-11-5-2-6-12-17)32-24-25-18-13-7-8-14-19(18)31-24/h1-14H,15H2. The first-order chi connectivity index (χ1) is 15.8. The van der Waals surface area contributed by atoms with Crippen LogP contribution >= 0.6 is 11.8 Å². The lowest BCUT2D eigenvalue weighted by Crippen LogP contribution is -2.04. The summed E-state index contributed by atoms with van der Waals surface area (Å²) in [7, 11) is 0. The molecule has 0 amide bonds. The summed E-state index contributed by atoms with van der Waals surface area (Å²) in [6.07, 6.45) is 0. The Labute approximate surface area is 187 Å². The highest BCUT2D eigenvalue weighted by Crippen LogP contribution is 2.33. The molecular formula is C24H16N6OS. The van der Waals surface area contributed by atoms with E-state index in [1.807, 2.05) is 72.8 Å². The predicted octanol–water partition coefficient (Wildman–Crippen LogP) is 5.23. The average Bonchev–Trinajstić information content (AvgIpc) is 3.44. The van der Waals surface area contributed by atoms with E-state index >= 15 is 0 Å². The number of benzene rings is 3. The number of rotatable bonds is 5. The highest BCUT2D eigenvalue weighted by atomic mass is 32.2. The molecule has 3 aromatic carbocycles. The molecule has 0 spiro atoms. The Morgan fingerprint density at radius 1 is 0.781 bits per heavy atom. The maximum atomic E-state index is 5.91. The highest BCUT2D eigenvalue weighted by molar-refractivity contribution is 7.99. The third-order valence-electron chi connectivity index (χ3n) is 5.00. The van der Waals surface area contributed by atoms with Crippen molar-refractivity contribution >= 4 is 34.0 Å². The summed E-state index contributed by atoms with van der Waals surface area (Å²) in [5, 5.41) is 9.92. The molecule has 0 N–H and O–H groups in total. The van der Waals surface area contributed by atoms with Gasteiger partial charge in [0.1, 0.15) is 10.5 Å². The van der Waals surface area contributed by atoms with Gasteiger partial charge in [-0.2, -0.15) is 0 Å². The van der Waals surface area contributed by atoms with Crippen LogP contribution in [-0.2, 0) is 6.54 Å². The Bertz CT molecular complexity index is 1500. The van der Waals surface area contributed by atoms with E-state index in [1.165, 1.54) is 11.8 Å². The molecule has 0 saturated carbocycles. The van der Waals surface area contributed by atoms with Crippen molar-refractivity contribution in [3.63, 3.8) is 0 Å². The molecule has 6 rings (SSSR count). The van der Waals surface area contributed by atoms with E-state index in [0.29, 0.717) is 33.8 Å². The maximum Gasteiger partial charge on any atom is 0.263 e. The SMILES string of the molecule is c1ccc(Cn2nnc3c(Sc4nc5ccccc5o4)nc(-c4ccccc4)nc32)cc1. The molecule has 0 atom stereocenters. The van der Waals surface area contributed by atoms with Gasteiger partial charge in [-0.1, -0.05) is 78.0 Å². The van der Waals surface area contributed by atoms with E-state index in [9.17, 15) is 0 Å². The van der Waals surface area contributed by atoms with Gasteiger partial charge in [-0.3, -0.25) is 0 Å². The fourth-order valence-corrected chi connectivity index (χ4v) is 4.26. The van der Waals surface area contributed by atoms with Crippen molar-refractivity contribution in [2.45, 2.75) is 16.8 Å². The van der Waals surface area contributed by atoms with E-state index in [1.54, 1.807) is 4.68 Å². The maximum absolute atomic E-state index is 5.91. The van der Waals surface area contributed by atoms with E-state index in [-0.39, 0.29) is 0 Å². The van der Waals surface area contributed by atoms with Crippen LogP contribution < -0.4 is 0 Å². The Kier molecular flexibility index (Phi) is 4.62. The fourth-order valence-electron chi connectivity index (χ4n) is 3.46. The number of nitrogens with zero attached hydrogens (tertiary/aromatic N) is 6. The van der Waals surface area contributed by atoms with E-state index < -0.39 is 0 Å². The molecule has 154 valence electrons. The quantitative estimate of drug-likeness (QED) is 0.342. The summed E-state index contributed by atoms with van der Waals surface area (Å²) >= 11 is 1.33. The summed E-state index contributed by atoms with van der Waals surface area (Å²) in [4.78, 5) is 14.2. The predicted molar refractivity (Wildman–Crippen MR) is 122 cm³/mol. The van der Waals surface area contributed by atoms with Crippen LogP contribution in [0.4, 0.5) is 0 Å². The van der Waals surface area contributed by atoms with Crippen LogP contribution in [0.3, 0.4) is 0 Å². The van der Waals surface area contributed by atoms with Crippen molar-refractivity contribution in [1.29, 1.82) is 0 Å². The summed E-state index contributed by atoms with van der Waals surface area (Å²) in [5.41, 5.74) is 4.86. The Balaban J connectivity index is 1.48. The third-order valence-corrected chi connectivity index (χ3v) is 5.82. The van der Waals surface area contributed by atoms with Gasteiger partial charge in [0.05, 0.1) is 6.54 Å². The Morgan fingerprint density at radius 3 is 2.34 bits per heavy atom. The molecule has 3 aromatic heterocycles. The van der Waals surface area contributed by atoms with E-state index in [4.69, 9.17) is 14.4 Å². The molecule has 6 aromatic rings. The molecule has 3 heterocycles. The summed E-state index contributed by atoms with van der Waals surface area (Å²) < 4.78 is 7.71. The second-order valence-corrected chi connectivity index (χ2v) is 8.11. The Hall–Kier alpha value is -4.04. The molecule has 0 aliphatic rings. The van der Waals surface area contributed by atoms with Crippen molar-refractivity contribution in [3.8, 4) is 11.4 Å². The van der Waals surface area contributed by atoms with E-state index in [0.717, 1.165) is 22.2 Å². The monoisotopic (exact) mass is 436 g/mol. The molecule has 0 aliphatic heterocycles. The smallest absolute Gasteiger partial charge is 0.263 e. The molecule has 0 bridgehead atoms. The number of aromatic nitrogens is 6. The van der Waals surface area contributed by atoms with Crippen molar-refractivity contribution in [2.24, 2.45) is 0 Å². The normalized spacial score (nSPS) is 11.4. The molecule has 0 aliphatic carbocycles. The van der Waals surface area contributed by atoms with Crippen LogP contribution in [0.15, 0.2) is 99.6 Å². The van der Waals surface area contributed by atoms with Crippen LogP contribution in [0.25, 0.3) is 33.7 Å². The lowest BCUT2D eigenvalue weighted by atomic mass is 10.2. The first-order valence-corrected chi connectivity index (χ1v) is 10.9. The zero-order valence-electron chi connectivity index (χ0n) is 16.8. The number of hydrogen-bond donors (Lipinski definition) is 0. The van der Waals surface area contributed by atoms with Gasteiger partial charge >= 0.3 is 0 Å². The van der Waals surface area contributed by atoms with Crippen LogP contribution in [0.1, 0.15) is 5.56 Å². The van der Waals surface area contributed by atoms with Gasteiger partial charge < -0.3 is 4.42 Å². The lowest BCUT2D eigenvalue weighted by molar-refractivity contribution is 0.489. The van der Waals surface area contributed by atoms with Crippen LogP contribution in [0.5, 0.6) is 0 Å². The van der Waals surface area contributed by atoms with Gasteiger partial charge in [0.2, 0.25) is 0 Å². The first kappa shape index (κ1) is 18.7. The van der Waals surface area contributed by atoms with Crippen LogP contribution in [-0.4, -0.2) is 29.9 Å². The van der Waals surface area contributed by atoms with Gasteiger partial charge in [0.25, 0.3) is 5.22 Å². The average molecular weight is 437 g/mol. The summed E-state index contributed by atoms with van der Waals surface area (Å²) in [6.45, 7) is 0.565. The highest BCUT2D eigenvalue weighted by Gasteiger charge is 2.19. The van der Waals surface area contributed by atoms with Crippen molar-refractivity contribution < 1.29 is 4.42 Å². The number of hydrogen-bond acceptors (Lipinski definition) is 7. The number of fused-ring (bicyclic) bond motifs is 2. The minimum absolute atomic E-state index is 0.503. The molecule has 0 unspecified atom stereocenters. The lowest BCUT2D eigenvalue weighted by Gasteiger charge is -2.06. The van der Waals surface area contributed by atoms with Gasteiger partial charge in [0, 0.05) is 5.56 Å². The second-order valence-electron chi connectivity index (χ2n) is 7.17. The molecule has 0 saturated heterocycles. The zero-order valence-corrected chi connectivity index (χ0v) is 17.6. The van der Waals surface area contributed by atoms with Crippen molar-refractivity contribution in [2.75, 3.05) is 0 Å². The third kappa shape index (κ3) is 3.50. The minimum atomic E-state index is 0.503. The van der Waals surface area contributed by atoms with Gasteiger partial charge in [0.15, 0.2) is 22.6 Å². The number of oxazole rings is 1. The van der Waals surface area contributed by atoms with Crippen molar-refractivity contribution in [3.05, 3.63) is 90.5 Å². The van der Waals surface area contributed by atoms with E-state index in [2.05, 4.69) is 27.4 Å². The van der Waals surface area contributed by atoms with Gasteiger partial charge in [-0.05, 0) is 29.5 Å². The second kappa shape index (κ2) is 7.90. The van der Waals surface area contributed by atoms with Crippen LogP contribution in [0, 0.1) is 0 Å². The fraction of sp³-hybridized carbons (Fsp3) is 0.0417. The summed E-state index contributed by atoms with van der Waals surface area (Å²) in [5.74, 6) is 0.605. The summed E-state index contributed by atoms with van der Waals surface area (Å²) in [6, 6.07) is 27.7. The molecule has 32 heavy (non-hydrogen) atoms. The minimum Gasteiger partial charge on any atom is -0.431 e. The number of para-hydroxylation sites is 2. The van der Waals surface area contributed by atoms with Crippen LogP contribution in [0.2, 0.25) is 0 Å². The van der Waals surface area contributed by atoms with Crippen molar-refractivity contribution in [1.82, 2.24) is 29.9 Å². The first-order valence-electron chi connectivity index (χ1n) is 10.1. The molecule has 0 fully saturated rings. The molecular weight excluding hydrogens is 420 g/mol. The van der Waals surface area contributed by atoms with Gasteiger partial charge in [-0.25, -0.2) is 19.6 Å². The van der Waals surface area contributed by atoms with Gasteiger partial charge in [-0.15, -0.1) is 5.10 Å². The zero-order chi connectivity index (χ0) is 21.3. The molecule has 0 radical (unpaired) electrons.